The number of hydrogen-bond donors (Lipinski definition) is 2. The number of carbonyl (C=O) groups excluding carboxylic acids is 2. The number of amides is 2. The van der Waals surface area contributed by atoms with Crippen molar-refractivity contribution >= 4 is 40.0 Å². The number of nitrogens with two attached hydrogens (primary N) is 1. The zero-order chi connectivity index (χ0) is 24.7. The average Bonchev–Trinajstić information content (AvgIpc) is 3.51. The first kappa shape index (κ1) is 21.5. The Morgan fingerprint density at radius 2 is 1.64 bits per heavy atom. The Morgan fingerprint density at radius 3 is 2.28 bits per heavy atom. The summed E-state index contributed by atoms with van der Waals surface area (Å²) in [5, 5.41) is 2.39. The monoisotopic (exact) mass is 487 g/mol. The van der Waals surface area contributed by atoms with Crippen molar-refractivity contribution in [1.82, 2.24) is 19.4 Å². The Hall–Kier alpha value is -3.82. The van der Waals surface area contributed by atoms with E-state index in [0.29, 0.717) is 35.9 Å². The van der Waals surface area contributed by atoms with Crippen LogP contribution < -0.4 is 26.5 Å². The highest BCUT2D eigenvalue weighted by Crippen LogP contribution is 2.55. The number of nitrogen functional groups attached to an aromatic ring is 1. The molecule has 4 fully saturated rings. The van der Waals surface area contributed by atoms with Gasteiger partial charge in [0.05, 0.1) is 28.6 Å². The third-order valence-corrected chi connectivity index (χ3v) is 9.00. The van der Waals surface area contributed by atoms with Crippen LogP contribution in [-0.2, 0) is 16.6 Å². The van der Waals surface area contributed by atoms with Crippen LogP contribution in [0.2, 0.25) is 0 Å². The predicted octanol–water partition coefficient (Wildman–Crippen LogP) is 1.11. The molecule has 3 saturated heterocycles. The highest BCUT2D eigenvalue weighted by atomic mass is 16.2. The van der Waals surface area contributed by atoms with Gasteiger partial charge < -0.3 is 15.5 Å². The predicted molar refractivity (Wildman–Crippen MR) is 136 cm³/mol. The molecule has 3 N–H and O–H groups in total. The van der Waals surface area contributed by atoms with E-state index in [1.165, 1.54) is 0 Å². The number of rotatable bonds is 3. The van der Waals surface area contributed by atoms with E-state index in [4.69, 9.17) is 5.73 Å². The van der Waals surface area contributed by atoms with Crippen molar-refractivity contribution in [3.8, 4) is 0 Å². The molecule has 4 aliphatic rings. The molecule has 10 heteroatoms. The number of imide groups is 1. The molecule has 7 rings (SSSR count). The lowest BCUT2D eigenvalue weighted by molar-refractivity contribution is -0.135. The third kappa shape index (κ3) is 2.96. The number of benzene rings is 1. The summed E-state index contributed by atoms with van der Waals surface area (Å²) in [5.41, 5.74) is 9.33. The van der Waals surface area contributed by atoms with E-state index < -0.39 is 11.9 Å². The molecule has 1 aliphatic carbocycles. The molecule has 2 amide bonds. The van der Waals surface area contributed by atoms with Crippen LogP contribution in [0.15, 0.2) is 41.3 Å². The standard InChI is InChI=1S/C26H29N7O3/c1-30-24-19(3-2-4-20(24)33(26(30)36)21-6-8-23(34)29-25(21)35)32-12-17-15-10-31(11-16(15)18(17)13-32)14-5-7-22(27)28-9-14/h2-5,7,9,15-18,21H,6,8,10-13H2,1H3,(H2,27,28)(H,29,34,35)/t15-,16+,17+,18-,21?. The van der Waals surface area contributed by atoms with Crippen molar-refractivity contribution in [2.24, 2.45) is 30.7 Å². The molecule has 5 atom stereocenters. The number of aryl methyl sites for hydroxylation is 1. The molecule has 1 saturated carbocycles. The maximum Gasteiger partial charge on any atom is 0.329 e. The van der Waals surface area contributed by atoms with Gasteiger partial charge >= 0.3 is 5.69 Å². The quantitative estimate of drug-likeness (QED) is 0.532. The highest BCUT2D eigenvalue weighted by Gasteiger charge is 2.58. The smallest absolute Gasteiger partial charge is 0.329 e. The number of aromatic nitrogens is 3. The molecule has 1 aromatic carbocycles. The second-order valence-electron chi connectivity index (χ2n) is 10.7. The van der Waals surface area contributed by atoms with E-state index in [2.05, 4.69) is 32.2 Å². The van der Waals surface area contributed by atoms with Crippen molar-refractivity contribution < 1.29 is 9.59 Å². The summed E-state index contributed by atoms with van der Waals surface area (Å²) in [6.07, 6.45) is 2.45. The molecule has 0 bridgehead atoms. The van der Waals surface area contributed by atoms with Gasteiger partial charge in [-0.2, -0.15) is 0 Å². The Labute approximate surface area is 207 Å². The van der Waals surface area contributed by atoms with E-state index in [1.54, 1.807) is 16.2 Å². The average molecular weight is 488 g/mol. The Morgan fingerprint density at radius 1 is 0.944 bits per heavy atom. The normalized spacial score (nSPS) is 29.3. The van der Waals surface area contributed by atoms with Gasteiger partial charge in [-0.15, -0.1) is 0 Å². The summed E-state index contributed by atoms with van der Waals surface area (Å²) < 4.78 is 3.23. The molecule has 186 valence electrons. The SMILES string of the molecule is Cn1c(=O)n(C2CCC(=O)NC2=O)c2cccc(N3C[C@@H]4[C@H]5CN(c6ccc(N)nc6)C[C@H]5[C@@H]4C3)c21. The summed E-state index contributed by atoms with van der Waals surface area (Å²) >= 11 is 0. The van der Waals surface area contributed by atoms with E-state index in [0.717, 1.165) is 48.6 Å². The fourth-order valence-electron chi connectivity index (χ4n) is 7.27. The van der Waals surface area contributed by atoms with E-state index >= 15 is 0 Å². The summed E-state index contributed by atoms with van der Waals surface area (Å²) in [5.74, 6) is 2.44. The molecule has 0 radical (unpaired) electrons. The van der Waals surface area contributed by atoms with Crippen LogP contribution in [0.1, 0.15) is 18.9 Å². The van der Waals surface area contributed by atoms with Crippen LogP contribution in [0.5, 0.6) is 0 Å². The zero-order valence-corrected chi connectivity index (χ0v) is 20.1. The van der Waals surface area contributed by atoms with Gasteiger partial charge in [0.1, 0.15) is 11.9 Å². The minimum absolute atomic E-state index is 0.223. The first-order chi connectivity index (χ1) is 17.4. The molecule has 5 heterocycles. The number of piperidine rings is 1. The van der Waals surface area contributed by atoms with Crippen LogP contribution in [0, 0.1) is 23.7 Å². The number of hydrogen-bond acceptors (Lipinski definition) is 7. The highest BCUT2D eigenvalue weighted by molar-refractivity contribution is 6.00. The largest absolute Gasteiger partial charge is 0.384 e. The lowest BCUT2D eigenvalue weighted by Crippen LogP contribution is -2.44. The topological polar surface area (TPSA) is 118 Å². The minimum atomic E-state index is -0.669. The van der Waals surface area contributed by atoms with Crippen LogP contribution in [0.4, 0.5) is 17.2 Å². The maximum absolute atomic E-state index is 13.3. The van der Waals surface area contributed by atoms with Crippen molar-refractivity contribution in [2.45, 2.75) is 18.9 Å². The molecule has 36 heavy (non-hydrogen) atoms. The lowest BCUT2D eigenvalue weighted by Gasteiger charge is -2.42. The molecule has 1 unspecified atom stereocenters. The maximum atomic E-state index is 13.3. The molecule has 3 aliphatic heterocycles. The summed E-state index contributed by atoms with van der Waals surface area (Å²) in [6.45, 7) is 4.02. The molecular weight excluding hydrogens is 458 g/mol. The van der Waals surface area contributed by atoms with Gasteiger partial charge in [-0.3, -0.25) is 24.0 Å². The number of nitrogens with one attached hydrogen (secondary N) is 1. The first-order valence-corrected chi connectivity index (χ1v) is 12.7. The Balaban J connectivity index is 1.16. The number of para-hydroxylation sites is 1. The van der Waals surface area contributed by atoms with Gasteiger partial charge in [-0.1, -0.05) is 6.07 Å². The number of pyridine rings is 1. The molecule has 0 spiro atoms. The first-order valence-electron chi connectivity index (χ1n) is 12.7. The van der Waals surface area contributed by atoms with Gasteiger partial charge in [-0.05, 0) is 54.4 Å². The number of nitrogens with zero attached hydrogens (tertiary/aromatic N) is 5. The molecule has 2 aromatic heterocycles. The van der Waals surface area contributed by atoms with Crippen LogP contribution in [-0.4, -0.2) is 52.1 Å². The van der Waals surface area contributed by atoms with E-state index in [9.17, 15) is 14.4 Å². The summed E-state index contributed by atoms with van der Waals surface area (Å²) in [4.78, 5) is 46.7. The van der Waals surface area contributed by atoms with Gasteiger partial charge in [0.25, 0.3) is 0 Å². The van der Waals surface area contributed by atoms with Gasteiger partial charge in [0, 0.05) is 39.6 Å². The fourth-order valence-corrected chi connectivity index (χ4v) is 7.27. The van der Waals surface area contributed by atoms with Crippen molar-refractivity contribution in [1.29, 1.82) is 0 Å². The van der Waals surface area contributed by atoms with Crippen LogP contribution >= 0.6 is 0 Å². The number of imidazole rings is 1. The van der Waals surface area contributed by atoms with Gasteiger partial charge in [0.2, 0.25) is 11.8 Å². The van der Waals surface area contributed by atoms with Gasteiger partial charge in [0.15, 0.2) is 0 Å². The Bertz CT molecular complexity index is 1440. The summed E-state index contributed by atoms with van der Waals surface area (Å²) in [6, 6.07) is 9.21. The van der Waals surface area contributed by atoms with Crippen LogP contribution in [0.3, 0.4) is 0 Å². The van der Waals surface area contributed by atoms with Crippen LogP contribution in [0.25, 0.3) is 11.0 Å². The van der Waals surface area contributed by atoms with Crippen molar-refractivity contribution in [2.75, 3.05) is 41.7 Å². The zero-order valence-electron chi connectivity index (χ0n) is 20.1. The lowest BCUT2D eigenvalue weighted by atomic mass is 9.60. The summed E-state index contributed by atoms with van der Waals surface area (Å²) in [7, 11) is 1.77. The van der Waals surface area contributed by atoms with Crippen molar-refractivity contribution in [3.05, 3.63) is 47.0 Å². The molecule has 3 aromatic rings. The van der Waals surface area contributed by atoms with Crippen molar-refractivity contribution in [3.63, 3.8) is 0 Å². The minimum Gasteiger partial charge on any atom is -0.384 e. The fraction of sp³-hybridized carbons (Fsp3) is 0.462. The third-order valence-electron chi connectivity index (χ3n) is 9.00. The molecular formula is C26H29N7O3. The number of fused-ring (bicyclic) bond motifs is 5. The van der Waals surface area contributed by atoms with E-state index in [1.807, 2.05) is 24.4 Å². The number of anilines is 3. The molecule has 10 nitrogen and oxygen atoms in total. The van der Waals surface area contributed by atoms with Gasteiger partial charge in [-0.25, -0.2) is 9.78 Å². The number of carbonyl (C=O) groups is 2. The second kappa shape index (κ2) is 7.59. The van der Waals surface area contributed by atoms with E-state index in [-0.39, 0.29) is 18.0 Å². The Kier molecular flexibility index (Phi) is 4.52. The second-order valence-corrected chi connectivity index (χ2v) is 10.7.